The van der Waals surface area contributed by atoms with Crippen LogP contribution in [0, 0.1) is 0 Å². The van der Waals surface area contributed by atoms with Crippen molar-refractivity contribution in [3.63, 3.8) is 0 Å². The van der Waals surface area contributed by atoms with E-state index in [1.807, 2.05) is 6.08 Å². The van der Waals surface area contributed by atoms with E-state index in [0.29, 0.717) is 11.5 Å². The fraction of sp³-hybridized carbons (Fsp3) is 0.500. The molecule has 1 rings (SSSR count). The Balaban J connectivity index is 2.66. The lowest BCUT2D eigenvalue weighted by molar-refractivity contribution is 0.644. The molecule has 0 aromatic carbocycles. The van der Waals surface area contributed by atoms with Crippen molar-refractivity contribution in [2.75, 3.05) is 0 Å². The highest BCUT2D eigenvalue weighted by Gasteiger charge is 2.35. The number of hydrogen-bond acceptors (Lipinski definition) is 0. The van der Waals surface area contributed by atoms with Crippen molar-refractivity contribution in [1.29, 1.82) is 0 Å². The number of hydrogen-bond donors (Lipinski definition) is 0. The van der Waals surface area contributed by atoms with Crippen LogP contribution in [-0.4, -0.2) is 8.67 Å². The SMILES string of the molecule is ClC1=CCC(Cl)(CC(Cl)(Cl)Cl)C=C1. The molecule has 0 radical (unpaired) electrons. The molecule has 1 unspecified atom stereocenters. The largest absolute Gasteiger partial charge is 0.192 e. The van der Waals surface area contributed by atoms with Gasteiger partial charge in [0.25, 0.3) is 0 Å². The van der Waals surface area contributed by atoms with Gasteiger partial charge in [0.05, 0.1) is 4.87 Å². The molecule has 0 aromatic heterocycles. The van der Waals surface area contributed by atoms with E-state index in [2.05, 4.69) is 0 Å². The minimum atomic E-state index is -1.33. The van der Waals surface area contributed by atoms with Gasteiger partial charge in [-0.1, -0.05) is 58.6 Å². The van der Waals surface area contributed by atoms with E-state index in [4.69, 9.17) is 58.0 Å². The molecule has 0 saturated heterocycles. The average molecular weight is 280 g/mol. The van der Waals surface area contributed by atoms with Crippen LogP contribution < -0.4 is 0 Å². The van der Waals surface area contributed by atoms with Crippen LogP contribution in [0.3, 0.4) is 0 Å². The van der Waals surface area contributed by atoms with Crippen molar-refractivity contribution in [1.82, 2.24) is 0 Å². The monoisotopic (exact) mass is 278 g/mol. The normalized spacial score (nSPS) is 28.8. The zero-order valence-electron chi connectivity index (χ0n) is 6.54. The highest BCUT2D eigenvalue weighted by molar-refractivity contribution is 6.67. The van der Waals surface area contributed by atoms with Crippen LogP contribution in [0.15, 0.2) is 23.3 Å². The average Bonchev–Trinajstić information content (AvgIpc) is 1.92. The third kappa shape index (κ3) is 4.31. The first-order valence-electron chi connectivity index (χ1n) is 3.61. The minimum absolute atomic E-state index is 0.267. The quantitative estimate of drug-likeness (QED) is 0.605. The molecule has 0 spiro atoms. The van der Waals surface area contributed by atoms with E-state index in [1.165, 1.54) is 0 Å². The Morgan fingerprint density at radius 2 is 2.00 bits per heavy atom. The molecule has 0 aliphatic heterocycles. The van der Waals surface area contributed by atoms with Gasteiger partial charge < -0.3 is 0 Å². The first-order chi connectivity index (χ1) is 5.81. The second kappa shape index (κ2) is 4.20. The van der Waals surface area contributed by atoms with Crippen molar-refractivity contribution >= 4 is 58.0 Å². The van der Waals surface area contributed by atoms with Gasteiger partial charge in [-0.3, -0.25) is 0 Å². The van der Waals surface area contributed by atoms with Gasteiger partial charge in [-0.05, 0) is 12.5 Å². The Labute approximate surface area is 102 Å². The van der Waals surface area contributed by atoms with Gasteiger partial charge in [0.1, 0.15) is 0 Å². The fourth-order valence-corrected chi connectivity index (χ4v) is 2.50. The number of rotatable bonds is 1. The Hall–Kier alpha value is 0.930. The summed E-state index contributed by atoms with van der Waals surface area (Å²) >= 11 is 28.9. The Morgan fingerprint density at radius 3 is 2.38 bits per heavy atom. The highest BCUT2D eigenvalue weighted by atomic mass is 35.6. The number of allylic oxidation sites excluding steroid dienone is 4. The molecule has 0 aromatic rings. The molecule has 0 saturated carbocycles. The lowest BCUT2D eigenvalue weighted by atomic mass is 9.97. The third-order valence-corrected chi connectivity index (χ3v) is 2.77. The third-order valence-electron chi connectivity index (χ3n) is 1.67. The van der Waals surface area contributed by atoms with Crippen molar-refractivity contribution in [3.8, 4) is 0 Å². The van der Waals surface area contributed by atoms with Crippen molar-refractivity contribution in [2.45, 2.75) is 21.5 Å². The molecule has 0 heterocycles. The van der Waals surface area contributed by atoms with E-state index >= 15 is 0 Å². The van der Waals surface area contributed by atoms with Gasteiger partial charge in [-0.15, -0.1) is 11.6 Å². The lowest BCUT2D eigenvalue weighted by Gasteiger charge is -2.27. The molecule has 1 aliphatic rings. The van der Waals surface area contributed by atoms with Gasteiger partial charge in [-0.2, -0.15) is 0 Å². The Morgan fingerprint density at radius 1 is 1.38 bits per heavy atom. The summed E-state index contributed by atoms with van der Waals surface area (Å²) in [6, 6.07) is 0. The topological polar surface area (TPSA) is 0 Å². The van der Waals surface area contributed by atoms with Crippen molar-refractivity contribution in [3.05, 3.63) is 23.3 Å². The summed E-state index contributed by atoms with van der Waals surface area (Å²) < 4.78 is -1.33. The second-order valence-electron chi connectivity index (χ2n) is 2.95. The molecule has 1 aliphatic carbocycles. The summed E-state index contributed by atoms with van der Waals surface area (Å²) in [6.45, 7) is 0. The van der Waals surface area contributed by atoms with Gasteiger partial charge in [0, 0.05) is 11.5 Å². The molecule has 0 nitrogen and oxygen atoms in total. The summed E-state index contributed by atoms with van der Waals surface area (Å²) in [4.78, 5) is -0.621. The molecule has 13 heavy (non-hydrogen) atoms. The standard InChI is InChI=1S/C8H7Cl5/c9-6-1-3-7(10,4-2-6)5-8(11,12)13/h1-3H,4-5H2. The fourth-order valence-electron chi connectivity index (χ4n) is 1.10. The first kappa shape index (κ1) is 12.0. The van der Waals surface area contributed by atoms with Crippen molar-refractivity contribution in [2.24, 2.45) is 0 Å². The van der Waals surface area contributed by atoms with E-state index in [1.54, 1.807) is 12.2 Å². The van der Waals surface area contributed by atoms with Gasteiger partial charge >= 0.3 is 0 Å². The van der Waals surface area contributed by atoms with Gasteiger partial charge in [-0.25, -0.2) is 0 Å². The van der Waals surface area contributed by atoms with Crippen LogP contribution in [0.5, 0.6) is 0 Å². The molecule has 1 atom stereocenters. The highest BCUT2D eigenvalue weighted by Crippen LogP contribution is 2.42. The van der Waals surface area contributed by atoms with Crippen molar-refractivity contribution < 1.29 is 0 Å². The maximum Gasteiger partial charge on any atom is 0.192 e. The number of halogens is 5. The summed E-state index contributed by atoms with van der Waals surface area (Å²) in [6.07, 6.45) is 6.14. The summed E-state index contributed by atoms with van der Waals surface area (Å²) in [7, 11) is 0. The number of alkyl halides is 4. The van der Waals surface area contributed by atoms with Gasteiger partial charge in [0.2, 0.25) is 0 Å². The molecule has 0 bridgehead atoms. The predicted octanol–water partition coefficient (Wildman–Crippen LogP) is 4.81. The molecule has 74 valence electrons. The molecule has 0 fully saturated rings. The lowest BCUT2D eigenvalue weighted by Crippen LogP contribution is -2.26. The van der Waals surface area contributed by atoms with Gasteiger partial charge in [0.15, 0.2) is 3.79 Å². The zero-order chi connectivity index (χ0) is 10.1. The molecular formula is C8H7Cl5. The maximum absolute atomic E-state index is 6.18. The summed E-state index contributed by atoms with van der Waals surface area (Å²) in [5, 5.41) is 0.667. The smallest absolute Gasteiger partial charge is 0.114 e. The predicted molar refractivity (Wildman–Crippen MR) is 61.2 cm³/mol. The van der Waals surface area contributed by atoms with Crippen LogP contribution in [0.25, 0.3) is 0 Å². The summed E-state index contributed by atoms with van der Waals surface area (Å²) in [5.74, 6) is 0. The first-order valence-corrected chi connectivity index (χ1v) is 5.50. The summed E-state index contributed by atoms with van der Waals surface area (Å²) in [5.41, 5.74) is 0. The van der Waals surface area contributed by atoms with E-state index in [9.17, 15) is 0 Å². The Bertz CT molecular complexity index is 250. The zero-order valence-corrected chi connectivity index (χ0v) is 10.3. The Kier molecular flexibility index (Phi) is 3.88. The molecule has 5 heteroatoms. The van der Waals surface area contributed by atoms with Crippen LogP contribution in [-0.2, 0) is 0 Å². The van der Waals surface area contributed by atoms with E-state index < -0.39 is 8.67 Å². The minimum Gasteiger partial charge on any atom is -0.114 e. The van der Waals surface area contributed by atoms with Crippen LogP contribution in [0.1, 0.15) is 12.8 Å². The maximum atomic E-state index is 6.18. The molecular weight excluding hydrogens is 273 g/mol. The van der Waals surface area contributed by atoms with Crippen LogP contribution in [0.4, 0.5) is 0 Å². The van der Waals surface area contributed by atoms with E-state index in [-0.39, 0.29) is 6.42 Å². The molecule has 0 N–H and O–H groups in total. The van der Waals surface area contributed by atoms with Crippen LogP contribution >= 0.6 is 58.0 Å². The molecule has 0 amide bonds. The second-order valence-corrected chi connectivity index (χ2v) is 6.66. The van der Waals surface area contributed by atoms with Crippen LogP contribution in [0.2, 0.25) is 0 Å². The van der Waals surface area contributed by atoms with E-state index in [0.717, 1.165) is 0 Å².